The fraction of sp³-hybridized carbons (Fsp3) is 0.600. The number of amides is 2. The molecule has 0 bridgehead atoms. The second-order valence-corrected chi connectivity index (χ2v) is 4.52. The third kappa shape index (κ3) is 2.56. The Balaban J connectivity index is 2.15. The number of carbonyl (C=O) groups is 4. The van der Waals surface area contributed by atoms with Crippen LogP contribution in [0.15, 0.2) is 0 Å². The van der Waals surface area contributed by atoms with E-state index in [0.29, 0.717) is 0 Å². The van der Waals surface area contributed by atoms with E-state index in [1.807, 2.05) is 0 Å². The lowest BCUT2D eigenvalue weighted by molar-refractivity contribution is -0.256. The van der Waals surface area contributed by atoms with Gasteiger partial charge < -0.3 is 15.2 Å². The summed E-state index contributed by atoms with van der Waals surface area (Å²) in [6.07, 6.45) is -5.94. The summed E-state index contributed by atoms with van der Waals surface area (Å²) in [6, 6.07) is -1.73. The van der Waals surface area contributed by atoms with Crippen molar-refractivity contribution in [2.45, 2.75) is 30.8 Å². The number of rotatable bonds is 3. The standard InChI is InChI=1S/C10H9F3N2O7/c11-10(12,13)7(18)14-4-3-21-15(6(4)17)9(8(19)20)2-1-5(16)22-9/h4H,1-3H2,(H,14,18)(H,19,20)/t4-,9?/m0/s1. The van der Waals surface area contributed by atoms with Gasteiger partial charge in [-0.3, -0.25) is 19.2 Å². The Morgan fingerprint density at radius 3 is 2.45 bits per heavy atom. The van der Waals surface area contributed by atoms with Crippen molar-refractivity contribution < 1.29 is 47.0 Å². The molecule has 0 saturated carbocycles. The first-order valence-electron chi connectivity index (χ1n) is 5.88. The van der Waals surface area contributed by atoms with Crippen LogP contribution < -0.4 is 5.32 Å². The van der Waals surface area contributed by atoms with Gasteiger partial charge in [0.05, 0.1) is 6.42 Å². The van der Waals surface area contributed by atoms with Gasteiger partial charge in [0.2, 0.25) is 0 Å². The van der Waals surface area contributed by atoms with Crippen molar-refractivity contribution in [1.29, 1.82) is 0 Å². The minimum atomic E-state index is -5.21. The molecule has 0 aromatic rings. The van der Waals surface area contributed by atoms with Crippen molar-refractivity contribution in [3.05, 3.63) is 0 Å². The molecule has 0 aromatic carbocycles. The number of nitrogens with zero attached hydrogens (tertiary/aromatic N) is 1. The van der Waals surface area contributed by atoms with Crippen LogP contribution in [-0.2, 0) is 28.8 Å². The minimum absolute atomic E-state index is 0.182. The van der Waals surface area contributed by atoms with E-state index in [-0.39, 0.29) is 11.5 Å². The predicted molar refractivity (Wildman–Crippen MR) is 56.5 cm³/mol. The number of halogens is 3. The molecule has 1 unspecified atom stereocenters. The van der Waals surface area contributed by atoms with Crippen molar-refractivity contribution in [2.75, 3.05) is 6.61 Å². The summed E-state index contributed by atoms with van der Waals surface area (Å²) in [5, 5.41) is 10.7. The SMILES string of the molecule is O=C1CCC(C(=O)O)(N2OC[C@H](NC(=O)C(F)(F)F)C2=O)O1. The van der Waals surface area contributed by atoms with Gasteiger partial charge in [0.25, 0.3) is 5.91 Å². The van der Waals surface area contributed by atoms with Crippen molar-refractivity contribution >= 4 is 23.8 Å². The number of hydroxylamine groups is 2. The highest BCUT2D eigenvalue weighted by Gasteiger charge is 2.59. The van der Waals surface area contributed by atoms with Gasteiger partial charge in [0, 0.05) is 6.42 Å². The highest BCUT2D eigenvalue weighted by Crippen LogP contribution is 2.34. The quantitative estimate of drug-likeness (QED) is 0.633. The lowest BCUT2D eigenvalue weighted by Crippen LogP contribution is -2.57. The fourth-order valence-electron chi connectivity index (χ4n) is 1.99. The Labute approximate surface area is 119 Å². The van der Waals surface area contributed by atoms with Gasteiger partial charge >= 0.3 is 29.7 Å². The Hall–Kier alpha value is -2.37. The zero-order valence-corrected chi connectivity index (χ0v) is 10.7. The van der Waals surface area contributed by atoms with E-state index < -0.39 is 54.7 Å². The van der Waals surface area contributed by atoms with Crippen LogP contribution in [0.25, 0.3) is 0 Å². The zero-order chi connectivity index (χ0) is 16.7. The smallest absolute Gasteiger partial charge is 0.471 e. The lowest BCUT2D eigenvalue weighted by Gasteiger charge is -2.30. The molecule has 0 aliphatic carbocycles. The van der Waals surface area contributed by atoms with Crippen molar-refractivity contribution in [3.63, 3.8) is 0 Å². The molecule has 2 N–H and O–H groups in total. The van der Waals surface area contributed by atoms with Gasteiger partial charge in [-0.15, -0.1) is 0 Å². The average Bonchev–Trinajstić information content (AvgIpc) is 2.94. The number of carboxylic acid groups (broad SMARTS) is 1. The first kappa shape index (κ1) is 16.0. The maximum Gasteiger partial charge on any atom is 0.471 e. The van der Waals surface area contributed by atoms with E-state index in [9.17, 15) is 32.3 Å². The van der Waals surface area contributed by atoms with Crippen molar-refractivity contribution in [1.82, 2.24) is 10.4 Å². The molecule has 12 heteroatoms. The molecule has 22 heavy (non-hydrogen) atoms. The first-order valence-corrected chi connectivity index (χ1v) is 5.88. The summed E-state index contributed by atoms with van der Waals surface area (Å²) in [5.74, 6) is -6.24. The number of alkyl halides is 3. The van der Waals surface area contributed by atoms with E-state index in [2.05, 4.69) is 4.74 Å². The molecule has 2 amide bonds. The number of esters is 1. The maximum absolute atomic E-state index is 12.1. The molecular weight excluding hydrogens is 317 g/mol. The lowest BCUT2D eigenvalue weighted by atomic mass is 10.1. The van der Waals surface area contributed by atoms with Crippen LogP contribution in [0.1, 0.15) is 12.8 Å². The van der Waals surface area contributed by atoms with Gasteiger partial charge in [-0.1, -0.05) is 0 Å². The van der Waals surface area contributed by atoms with E-state index in [1.54, 1.807) is 0 Å². The molecule has 2 aliphatic rings. The predicted octanol–water partition coefficient (Wildman–Crippen LogP) is -1.07. The molecule has 0 spiro atoms. The van der Waals surface area contributed by atoms with Crippen LogP contribution in [0.2, 0.25) is 0 Å². The van der Waals surface area contributed by atoms with Gasteiger partial charge in [-0.05, 0) is 0 Å². The molecule has 2 heterocycles. The van der Waals surface area contributed by atoms with Crippen LogP contribution in [-0.4, -0.2) is 58.5 Å². The zero-order valence-electron chi connectivity index (χ0n) is 10.7. The molecule has 2 rings (SSSR count). The molecule has 2 saturated heterocycles. The van der Waals surface area contributed by atoms with E-state index in [4.69, 9.17) is 9.94 Å². The molecule has 0 aromatic heterocycles. The van der Waals surface area contributed by atoms with Crippen LogP contribution in [0.4, 0.5) is 13.2 Å². The highest BCUT2D eigenvalue weighted by atomic mass is 19.4. The van der Waals surface area contributed by atoms with Crippen LogP contribution >= 0.6 is 0 Å². The maximum atomic E-state index is 12.1. The van der Waals surface area contributed by atoms with E-state index >= 15 is 0 Å². The first-order chi connectivity index (χ1) is 10.1. The van der Waals surface area contributed by atoms with Crippen molar-refractivity contribution in [2.24, 2.45) is 0 Å². The Kier molecular flexibility index (Phi) is 3.73. The minimum Gasteiger partial charge on any atom is -0.477 e. The van der Waals surface area contributed by atoms with Gasteiger partial charge in [-0.2, -0.15) is 18.2 Å². The number of carbonyl (C=O) groups excluding carboxylic acids is 3. The fourth-order valence-corrected chi connectivity index (χ4v) is 1.99. The number of hydrogen-bond donors (Lipinski definition) is 2. The number of nitrogens with one attached hydrogen (secondary N) is 1. The summed E-state index contributed by atoms with van der Waals surface area (Å²) in [4.78, 5) is 49.9. The van der Waals surface area contributed by atoms with Gasteiger partial charge in [0.15, 0.2) is 0 Å². The van der Waals surface area contributed by atoms with E-state index in [0.717, 1.165) is 0 Å². The largest absolute Gasteiger partial charge is 0.477 e. The molecule has 9 nitrogen and oxygen atoms in total. The highest BCUT2D eigenvalue weighted by molar-refractivity contribution is 5.94. The monoisotopic (exact) mass is 326 g/mol. The van der Waals surface area contributed by atoms with Crippen LogP contribution in [0.3, 0.4) is 0 Å². The summed E-state index contributed by atoms with van der Waals surface area (Å²) in [7, 11) is 0. The summed E-state index contributed by atoms with van der Waals surface area (Å²) in [6.45, 7) is -0.715. The number of aliphatic carboxylic acids is 1. The summed E-state index contributed by atoms with van der Waals surface area (Å²) in [5.41, 5.74) is -2.44. The Morgan fingerprint density at radius 1 is 1.36 bits per heavy atom. The molecule has 2 fully saturated rings. The molecule has 2 aliphatic heterocycles. The number of carboxylic acids is 1. The third-order valence-corrected chi connectivity index (χ3v) is 3.04. The summed E-state index contributed by atoms with van der Waals surface area (Å²) >= 11 is 0. The molecular formula is C10H9F3N2O7. The normalized spacial score (nSPS) is 28.7. The van der Waals surface area contributed by atoms with Gasteiger partial charge in [-0.25, -0.2) is 4.79 Å². The van der Waals surface area contributed by atoms with Crippen molar-refractivity contribution in [3.8, 4) is 0 Å². The van der Waals surface area contributed by atoms with Crippen LogP contribution in [0, 0.1) is 0 Å². The Bertz CT molecular complexity index is 549. The third-order valence-electron chi connectivity index (χ3n) is 3.04. The average molecular weight is 326 g/mol. The summed E-state index contributed by atoms with van der Waals surface area (Å²) < 4.78 is 41.0. The topological polar surface area (TPSA) is 122 Å². The second kappa shape index (κ2) is 5.12. The number of cyclic esters (lactones) is 1. The second-order valence-electron chi connectivity index (χ2n) is 4.52. The molecule has 0 radical (unpaired) electrons. The molecule has 122 valence electrons. The number of hydrogen-bond acceptors (Lipinski definition) is 6. The van der Waals surface area contributed by atoms with Gasteiger partial charge in [0.1, 0.15) is 12.6 Å². The van der Waals surface area contributed by atoms with Crippen LogP contribution in [0.5, 0.6) is 0 Å². The number of ether oxygens (including phenoxy) is 1. The van der Waals surface area contributed by atoms with E-state index in [1.165, 1.54) is 5.32 Å². The molecule has 2 atom stereocenters. The Morgan fingerprint density at radius 2 is 2.00 bits per heavy atom.